The third kappa shape index (κ3) is 4.22. The highest BCUT2D eigenvalue weighted by Crippen LogP contribution is 2.25. The van der Waals surface area contributed by atoms with E-state index in [1.165, 1.54) is 0 Å². The highest BCUT2D eigenvalue weighted by molar-refractivity contribution is 9.10. The van der Waals surface area contributed by atoms with Gasteiger partial charge in [-0.1, -0.05) is 39.7 Å². The lowest BCUT2D eigenvalue weighted by Gasteiger charge is -2.07. The van der Waals surface area contributed by atoms with Gasteiger partial charge in [0, 0.05) is 10.7 Å². The Morgan fingerprint density at radius 1 is 1.27 bits per heavy atom. The van der Waals surface area contributed by atoms with Gasteiger partial charge in [0.1, 0.15) is 0 Å². The molecular weight excluding hydrogens is 294 g/mol. The summed E-state index contributed by atoms with van der Waals surface area (Å²) in [6, 6.07) is 6.68. The molecule has 0 saturated carbocycles. The van der Waals surface area contributed by atoms with Crippen LogP contribution in [0, 0.1) is 0 Å². The SMILES string of the molecule is FC(F)(F)C(Cl)N=Cc1ccc(Br)cc1. The first-order valence-electron chi connectivity index (χ1n) is 3.89. The number of halogens is 5. The predicted octanol–water partition coefficient (Wildman–Crippen LogP) is 4.00. The molecule has 0 aliphatic carbocycles. The van der Waals surface area contributed by atoms with Gasteiger partial charge >= 0.3 is 6.18 Å². The van der Waals surface area contributed by atoms with E-state index in [1.807, 2.05) is 0 Å². The standard InChI is InChI=1S/C9H6BrClF3N/c10-7-3-1-6(2-4-7)5-15-8(11)9(12,13)14/h1-5,8H. The van der Waals surface area contributed by atoms with E-state index in [0.29, 0.717) is 5.56 Å². The van der Waals surface area contributed by atoms with Crippen LogP contribution in [0.4, 0.5) is 13.2 Å². The molecule has 1 aromatic carbocycles. The highest BCUT2D eigenvalue weighted by Gasteiger charge is 2.37. The molecule has 0 radical (unpaired) electrons. The van der Waals surface area contributed by atoms with Crippen molar-refractivity contribution >= 4 is 33.7 Å². The van der Waals surface area contributed by atoms with Gasteiger partial charge in [0.2, 0.25) is 5.50 Å². The molecule has 0 amide bonds. The Morgan fingerprint density at radius 2 is 1.80 bits per heavy atom. The Labute approximate surface area is 98.1 Å². The van der Waals surface area contributed by atoms with Gasteiger partial charge < -0.3 is 0 Å². The lowest BCUT2D eigenvalue weighted by molar-refractivity contribution is -0.128. The molecule has 0 heterocycles. The van der Waals surface area contributed by atoms with Crippen LogP contribution in [-0.2, 0) is 0 Å². The van der Waals surface area contributed by atoms with E-state index in [9.17, 15) is 13.2 Å². The molecule has 1 unspecified atom stereocenters. The molecule has 15 heavy (non-hydrogen) atoms. The number of benzene rings is 1. The number of alkyl halides is 4. The number of nitrogens with zero attached hydrogens (tertiary/aromatic N) is 1. The Bertz CT molecular complexity index is 347. The van der Waals surface area contributed by atoms with Crippen LogP contribution in [0.3, 0.4) is 0 Å². The van der Waals surface area contributed by atoms with Crippen LogP contribution in [-0.4, -0.2) is 17.9 Å². The molecule has 1 rings (SSSR count). The number of rotatable bonds is 2. The zero-order valence-corrected chi connectivity index (χ0v) is 9.64. The van der Waals surface area contributed by atoms with Crippen LogP contribution >= 0.6 is 27.5 Å². The fraction of sp³-hybridized carbons (Fsp3) is 0.222. The first kappa shape index (κ1) is 12.5. The Balaban J connectivity index is 2.70. The van der Waals surface area contributed by atoms with Crippen LogP contribution in [0.2, 0.25) is 0 Å². The second-order valence-electron chi connectivity index (χ2n) is 2.71. The minimum Gasteiger partial charge on any atom is -0.264 e. The van der Waals surface area contributed by atoms with E-state index in [1.54, 1.807) is 24.3 Å². The van der Waals surface area contributed by atoms with Crippen molar-refractivity contribution in [2.24, 2.45) is 4.99 Å². The lowest BCUT2D eigenvalue weighted by Crippen LogP contribution is -2.21. The van der Waals surface area contributed by atoms with Crippen molar-refractivity contribution in [2.75, 3.05) is 0 Å². The summed E-state index contributed by atoms with van der Waals surface area (Å²) in [6.07, 6.45) is -3.41. The molecular formula is C9H6BrClF3N. The summed E-state index contributed by atoms with van der Waals surface area (Å²) in [4.78, 5) is 3.20. The highest BCUT2D eigenvalue weighted by atomic mass is 79.9. The van der Waals surface area contributed by atoms with Crippen molar-refractivity contribution in [3.05, 3.63) is 34.3 Å². The minimum atomic E-state index is -4.51. The third-order valence-electron chi connectivity index (χ3n) is 1.49. The van der Waals surface area contributed by atoms with Gasteiger partial charge in [0.25, 0.3) is 0 Å². The molecule has 1 nitrogen and oxygen atoms in total. The number of hydrogen-bond acceptors (Lipinski definition) is 1. The lowest BCUT2D eigenvalue weighted by atomic mass is 10.2. The van der Waals surface area contributed by atoms with E-state index >= 15 is 0 Å². The molecule has 0 spiro atoms. The first-order chi connectivity index (χ1) is 6.89. The van der Waals surface area contributed by atoms with E-state index in [0.717, 1.165) is 10.7 Å². The molecule has 0 bridgehead atoms. The van der Waals surface area contributed by atoms with Crippen LogP contribution in [0.25, 0.3) is 0 Å². The van der Waals surface area contributed by atoms with Crippen LogP contribution in [0.15, 0.2) is 33.7 Å². The van der Waals surface area contributed by atoms with E-state index in [4.69, 9.17) is 11.6 Å². The summed E-state index contributed by atoms with van der Waals surface area (Å²) in [5.74, 6) is 0. The van der Waals surface area contributed by atoms with Gasteiger partial charge in [-0.05, 0) is 17.7 Å². The number of aliphatic imine (C=N–C) groups is 1. The topological polar surface area (TPSA) is 12.4 Å². The van der Waals surface area contributed by atoms with Gasteiger partial charge in [0.05, 0.1) is 0 Å². The maximum Gasteiger partial charge on any atom is 0.424 e. The second-order valence-corrected chi connectivity index (χ2v) is 4.04. The van der Waals surface area contributed by atoms with Gasteiger partial charge in [0.15, 0.2) is 0 Å². The van der Waals surface area contributed by atoms with Crippen molar-refractivity contribution in [3.63, 3.8) is 0 Å². The molecule has 0 aliphatic heterocycles. The van der Waals surface area contributed by atoms with Crippen molar-refractivity contribution < 1.29 is 13.2 Å². The van der Waals surface area contributed by atoms with E-state index in [2.05, 4.69) is 20.9 Å². The molecule has 1 aromatic rings. The maximum absolute atomic E-state index is 12.0. The fourth-order valence-electron chi connectivity index (χ4n) is 0.785. The average molecular weight is 301 g/mol. The summed E-state index contributed by atoms with van der Waals surface area (Å²) in [6.45, 7) is 0. The van der Waals surface area contributed by atoms with Crippen molar-refractivity contribution in [1.82, 2.24) is 0 Å². The number of hydrogen-bond donors (Lipinski definition) is 0. The van der Waals surface area contributed by atoms with Crippen LogP contribution in [0.5, 0.6) is 0 Å². The van der Waals surface area contributed by atoms with Gasteiger partial charge in [-0.2, -0.15) is 13.2 Å². The molecule has 0 aliphatic rings. The van der Waals surface area contributed by atoms with Crippen molar-refractivity contribution in [1.29, 1.82) is 0 Å². The summed E-state index contributed by atoms with van der Waals surface area (Å²) in [5.41, 5.74) is -1.63. The third-order valence-corrected chi connectivity index (χ3v) is 2.38. The van der Waals surface area contributed by atoms with Crippen LogP contribution in [0.1, 0.15) is 5.56 Å². The molecule has 1 atom stereocenters. The van der Waals surface area contributed by atoms with Gasteiger partial charge in [-0.15, -0.1) is 0 Å². The van der Waals surface area contributed by atoms with Crippen molar-refractivity contribution in [3.8, 4) is 0 Å². The predicted molar refractivity (Wildman–Crippen MR) is 57.4 cm³/mol. The zero-order chi connectivity index (χ0) is 11.5. The summed E-state index contributed by atoms with van der Waals surface area (Å²) in [7, 11) is 0. The summed E-state index contributed by atoms with van der Waals surface area (Å²) < 4.78 is 36.7. The van der Waals surface area contributed by atoms with E-state index in [-0.39, 0.29) is 0 Å². The monoisotopic (exact) mass is 299 g/mol. The van der Waals surface area contributed by atoms with Crippen molar-refractivity contribution in [2.45, 2.75) is 11.7 Å². The molecule has 0 N–H and O–H groups in total. The smallest absolute Gasteiger partial charge is 0.264 e. The Morgan fingerprint density at radius 3 is 2.27 bits per heavy atom. The summed E-state index contributed by atoms with van der Waals surface area (Å²) in [5, 5.41) is 0. The Kier molecular flexibility index (Phi) is 4.16. The molecule has 0 saturated heterocycles. The molecule has 82 valence electrons. The fourth-order valence-corrected chi connectivity index (χ4v) is 1.11. The van der Waals surface area contributed by atoms with Crippen LogP contribution < -0.4 is 0 Å². The van der Waals surface area contributed by atoms with E-state index < -0.39 is 11.7 Å². The second kappa shape index (κ2) is 4.99. The first-order valence-corrected chi connectivity index (χ1v) is 5.12. The largest absolute Gasteiger partial charge is 0.424 e. The van der Waals surface area contributed by atoms with Gasteiger partial charge in [-0.3, -0.25) is 4.99 Å². The zero-order valence-electron chi connectivity index (χ0n) is 7.30. The average Bonchev–Trinajstić information content (AvgIpc) is 2.15. The quantitative estimate of drug-likeness (QED) is 0.445. The molecule has 6 heteroatoms. The maximum atomic E-state index is 12.0. The summed E-state index contributed by atoms with van der Waals surface area (Å²) >= 11 is 8.21. The molecule has 0 aromatic heterocycles. The normalized spacial score (nSPS) is 14.5. The molecule has 0 fully saturated rings. The minimum absolute atomic E-state index is 0.563. The Hall–Kier alpha value is -0.550. The van der Waals surface area contributed by atoms with Gasteiger partial charge in [-0.25, -0.2) is 0 Å².